The first-order chi connectivity index (χ1) is 5.79. The number of hydrogen-bond acceptors (Lipinski definition) is 2. The third-order valence-corrected chi connectivity index (χ3v) is 1.89. The van der Waals surface area contributed by atoms with Crippen LogP contribution in [0.2, 0.25) is 0 Å². The number of ether oxygens (including phenoxy) is 1. The summed E-state index contributed by atoms with van der Waals surface area (Å²) in [5.41, 5.74) is 0.810. The van der Waals surface area contributed by atoms with Gasteiger partial charge in [0.05, 0.1) is 5.69 Å². The molecule has 1 aliphatic rings. The lowest BCUT2D eigenvalue weighted by atomic mass is 10.2. The number of benzene rings is 1. The fourth-order valence-corrected chi connectivity index (χ4v) is 1.17. The van der Waals surface area contributed by atoms with Crippen LogP contribution in [0.5, 0.6) is 5.75 Å². The van der Waals surface area contributed by atoms with E-state index in [1.54, 1.807) is 24.1 Å². The number of carbonyl (C=O) groups excluding carboxylic acids is 1. The normalized spacial score (nSPS) is 15.4. The number of amides is 1. The lowest BCUT2D eigenvalue weighted by Crippen LogP contribution is -2.35. The summed E-state index contributed by atoms with van der Waals surface area (Å²) in [5.74, 6) is 0.702. The van der Waals surface area contributed by atoms with Gasteiger partial charge in [-0.3, -0.25) is 4.79 Å². The first-order valence-electron chi connectivity index (χ1n) is 3.68. The third kappa shape index (κ3) is 0.942. The molecule has 0 saturated carbocycles. The molecule has 0 atom stereocenters. The standard InChI is InChI=1S/C9H8NO2/c1-10-7-4-2-3-5-8(7)12-6-9(10)11/h2,4-5H,6H2,1H3. The highest BCUT2D eigenvalue weighted by Gasteiger charge is 2.20. The smallest absolute Gasteiger partial charge is 0.264 e. The molecular weight excluding hydrogens is 154 g/mol. The Bertz CT molecular complexity index is 322. The molecule has 12 heavy (non-hydrogen) atoms. The van der Waals surface area contributed by atoms with E-state index in [0.29, 0.717) is 0 Å². The molecule has 1 aliphatic heterocycles. The molecular formula is C9H8NO2. The van der Waals surface area contributed by atoms with Gasteiger partial charge in [0.2, 0.25) is 0 Å². The summed E-state index contributed by atoms with van der Waals surface area (Å²) in [6.07, 6.45) is 0. The Morgan fingerprint density at radius 2 is 2.50 bits per heavy atom. The second-order valence-corrected chi connectivity index (χ2v) is 2.64. The predicted octanol–water partition coefficient (Wildman–Crippen LogP) is 0.842. The van der Waals surface area contributed by atoms with Crippen LogP contribution in [0.4, 0.5) is 5.69 Å². The average Bonchev–Trinajstić information content (AvgIpc) is 2.12. The molecule has 61 valence electrons. The quantitative estimate of drug-likeness (QED) is 0.565. The van der Waals surface area contributed by atoms with Crippen molar-refractivity contribution < 1.29 is 9.53 Å². The first kappa shape index (κ1) is 7.16. The second-order valence-electron chi connectivity index (χ2n) is 2.64. The van der Waals surface area contributed by atoms with Crippen LogP contribution in [0.15, 0.2) is 18.2 Å². The van der Waals surface area contributed by atoms with Crippen molar-refractivity contribution in [3.8, 4) is 5.75 Å². The molecule has 1 radical (unpaired) electrons. The zero-order valence-corrected chi connectivity index (χ0v) is 6.70. The average molecular weight is 162 g/mol. The van der Waals surface area contributed by atoms with Gasteiger partial charge in [-0.1, -0.05) is 6.07 Å². The van der Waals surface area contributed by atoms with Gasteiger partial charge in [-0.05, 0) is 18.2 Å². The lowest BCUT2D eigenvalue weighted by Gasteiger charge is -2.25. The zero-order valence-electron chi connectivity index (χ0n) is 6.70. The van der Waals surface area contributed by atoms with Crippen LogP contribution in [0.25, 0.3) is 0 Å². The van der Waals surface area contributed by atoms with Crippen LogP contribution in [0.1, 0.15) is 0 Å². The Morgan fingerprint density at radius 1 is 1.67 bits per heavy atom. The summed E-state index contributed by atoms with van der Waals surface area (Å²) in [4.78, 5) is 12.7. The van der Waals surface area contributed by atoms with Crippen molar-refractivity contribution in [1.29, 1.82) is 0 Å². The molecule has 0 aliphatic carbocycles. The van der Waals surface area contributed by atoms with Gasteiger partial charge in [-0.25, -0.2) is 0 Å². The predicted molar refractivity (Wildman–Crippen MR) is 44.2 cm³/mol. The molecule has 3 nitrogen and oxygen atoms in total. The van der Waals surface area contributed by atoms with E-state index < -0.39 is 0 Å². The van der Waals surface area contributed by atoms with Gasteiger partial charge < -0.3 is 9.64 Å². The lowest BCUT2D eigenvalue weighted by molar-refractivity contribution is -0.120. The minimum absolute atomic E-state index is 0.0197. The molecule has 0 unspecified atom stereocenters. The summed E-state index contributed by atoms with van der Waals surface area (Å²) >= 11 is 0. The van der Waals surface area contributed by atoms with Crippen LogP contribution in [-0.4, -0.2) is 19.6 Å². The minimum atomic E-state index is -0.0197. The summed E-state index contributed by atoms with van der Waals surface area (Å²) in [7, 11) is 1.74. The molecule has 1 heterocycles. The number of hydrogen-bond donors (Lipinski definition) is 0. The number of anilines is 1. The molecule has 0 bridgehead atoms. The zero-order chi connectivity index (χ0) is 8.55. The molecule has 1 aromatic rings. The molecule has 0 aromatic heterocycles. The van der Waals surface area contributed by atoms with Gasteiger partial charge in [0.25, 0.3) is 5.91 Å². The van der Waals surface area contributed by atoms with E-state index in [2.05, 4.69) is 6.07 Å². The topological polar surface area (TPSA) is 29.5 Å². The van der Waals surface area contributed by atoms with Gasteiger partial charge in [0.15, 0.2) is 6.61 Å². The van der Waals surface area contributed by atoms with Crippen molar-refractivity contribution >= 4 is 11.6 Å². The number of fused-ring (bicyclic) bond motifs is 1. The van der Waals surface area contributed by atoms with E-state index in [9.17, 15) is 4.79 Å². The fraction of sp³-hybridized carbons (Fsp3) is 0.222. The fourth-order valence-electron chi connectivity index (χ4n) is 1.17. The summed E-state index contributed by atoms with van der Waals surface area (Å²) in [6, 6.07) is 8.20. The highest BCUT2D eigenvalue weighted by molar-refractivity contribution is 5.97. The van der Waals surface area contributed by atoms with E-state index in [1.165, 1.54) is 0 Å². The highest BCUT2D eigenvalue weighted by atomic mass is 16.5. The molecule has 0 fully saturated rings. The van der Waals surface area contributed by atoms with Crippen LogP contribution in [0.3, 0.4) is 0 Å². The molecule has 1 aromatic carbocycles. The largest absolute Gasteiger partial charge is 0.482 e. The Kier molecular flexibility index (Phi) is 1.50. The Labute approximate surface area is 70.6 Å². The SMILES string of the molecule is CN1C(=O)COc2c[c]ccc21. The minimum Gasteiger partial charge on any atom is -0.482 e. The van der Waals surface area contributed by atoms with E-state index in [4.69, 9.17) is 4.74 Å². The van der Waals surface area contributed by atoms with Gasteiger partial charge >= 0.3 is 0 Å². The third-order valence-electron chi connectivity index (χ3n) is 1.89. The maximum absolute atomic E-state index is 11.1. The van der Waals surface area contributed by atoms with E-state index >= 15 is 0 Å². The van der Waals surface area contributed by atoms with Gasteiger partial charge in [0.1, 0.15) is 5.75 Å². The van der Waals surface area contributed by atoms with Gasteiger partial charge in [0, 0.05) is 7.05 Å². The van der Waals surface area contributed by atoms with Crippen LogP contribution in [-0.2, 0) is 4.79 Å². The van der Waals surface area contributed by atoms with E-state index in [1.807, 2.05) is 6.07 Å². The summed E-state index contributed by atoms with van der Waals surface area (Å²) in [6.45, 7) is 0.126. The molecule has 1 amide bonds. The van der Waals surface area contributed by atoms with Crippen LogP contribution >= 0.6 is 0 Å². The maximum atomic E-state index is 11.1. The monoisotopic (exact) mass is 162 g/mol. The second kappa shape index (κ2) is 2.52. The molecule has 3 heteroatoms. The number of nitrogens with zero attached hydrogens (tertiary/aromatic N) is 1. The van der Waals surface area contributed by atoms with Crippen molar-refractivity contribution in [3.63, 3.8) is 0 Å². The Morgan fingerprint density at radius 3 is 3.33 bits per heavy atom. The highest BCUT2D eigenvalue weighted by Crippen LogP contribution is 2.29. The van der Waals surface area contributed by atoms with Crippen molar-refractivity contribution in [1.82, 2.24) is 0 Å². The molecule has 0 spiro atoms. The molecule has 0 saturated heterocycles. The number of rotatable bonds is 0. The van der Waals surface area contributed by atoms with Crippen LogP contribution in [0, 0.1) is 6.07 Å². The molecule has 2 rings (SSSR count). The summed E-state index contributed by atoms with van der Waals surface area (Å²) < 4.78 is 5.18. The van der Waals surface area contributed by atoms with Crippen molar-refractivity contribution in [2.75, 3.05) is 18.6 Å². The van der Waals surface area contributed by atoms with Gasteiger partial charge in [-0.15, -0.1) is 0 Å². The number of likely N-dealkylation sites (N-methyl/N-ethyl adjacent to an activating group) is 1. The number of carbonyl (C=O) groups is 1. The van der Waals surface area contributed by atoms with Crippen molar-refractivity contribution in [2.24, 2.45) is 0 Å². The van der Waals surface area contributed by atoms with E-state index in [0.717, 1.165) is 11.4 Å². The first-order valence-corrected chi connectivity index (χ1v) is 3.68. The van der Waals surface area contributed by atoms with Crippen molar-refractivity contribution in [3.05, 3.63) is 24.3 Å². The van der Waals surface area contributed by atoms with Crippen LogP contribution < -0.4 is 9.64 Å². The molecule has 0 N–H and O–H groups in total. The maximum Gasteiger partial charge on any atom is 0.264 e. The van der Waals surface area contributed by atoms with Gasteiger partial charge in [-0.2, -0.15) is 0 Å². The Hall–Kier alpha value is -1.51. The Balaban J connectivity index is 2.48. The van der Waals surface area contributed by atoms with E-state index in [-0.39, 0.29) is 12.5 Å². The summed E-state index contributed by atoms with van der Waals surface area (Å²) in [5, 5.41) is 0. The van der Waals surface area contributed by atoms with Crippen molar-refractivity contribution in [2.45, 2.75) is 0 Å².